The van der Waals surface area contributed by atoms with E-state index in [1.807, 2.05) is 33.8 Å². The maximum absolute atomic E-state index is 4.30. The van der Waals surface area contributed by atoms with Crippen LogP contribution in [0.4, 0.5) is 0 Å². The number of para-hydroxylation sites is 2. The van der Waals surface area contributed by atoms with E-state index >= 15 is 0 Å². The van der Waals surface area contributed by atoms with Gasteiger partial charge >= 0.3 is 0 Å². The summed E-state index contributed by atoms with van der Waals surface area (Å²) < 4.78 is 4.80. The summed E-state index contributed by atoms with van der Waals surface area (Å²) in [5, 5.41) is 3.68. The molecule has 2 heteroatoms. The number of rotatable bonds is 8. The molecule has 61 heavy (non-hydrogen) atoms. The van der Waals surface area contributed by atoms with Gasteiger partial charge in [0.05, 0.1) is 27.9 Å². The third-order valence-electron chi connectivity index (χ3n) is 11.5. The standard InChI is InChI=1S/C55H42N2.2C2H6/c1-3-16-47-49-36-43(31-33-54(49)56(51(47)4-2)45-22-15-21-42(35-45)39-19-9-6-10-20-39)44-32-34-55-50(37-44)48-24-12-14-26-53(48)57(55)52-25-13-11-23-46(52)41-29-27-40(28-30-41)38-17-7-5-8-18-38;2*1-2/h3-5,7-9,11-37H,2,6,10H2,1H3;2*1-2H3/b16-3-;;. The Morgan fingerprint density at radius 1 is 0.492 bits per heavy atom. The summed E-state index contributed by atoms with van der Waals surface area (Å²) in [7, 11) is 0. The van der Waals surface area contributed by atoms with E-state index < -0.39 is 0 Å². The van der Waals surface area contributed by atoms with Crippen LogP contribution >= 0.6 is 0 Å². The molecule has 0 spiro atoms. The van der Waals surface area contributed by atoms with Gasteiger partial charge in [0.1, 0.15) is 0 Å². The fourth-order valence-electron chi connectivity index (χ4n) is 8.79. The lowest BCUT2D eigenvalue weighted by atomic mass is 9.99. The van der Waals surface area contributed by atoms with Crippen LogP contribution in [0.15, 0.2) is 195 Å². The molecule has 300 valence electrons. The molecule has 0 saturated carbocycles. The molecule has 0 atom stereocenters. The predicted octanol–water partition coefficient (Wildman–Crippen LogP) is 17.2. The fourth-order valence-corrected chi connectivity index (χ4v) is 8.79. The molecule has 0 unspecified atom stereocenters. The average molecular weight is 791 g/mol. The fraction of sp³-hybridized carbons (Fsp3) is 0.119. The topological polar surface area (TPSA) is 9.86 Å². The minimum atomic E-state index is 1.08. The number of allylic oxidation sites excluding steroid dienone is 5. The monoisotopic (exact) mass is 790 g/mol. The molecule has 2 heterocycles. The van der Waals surface area contributed by atoms with E-state index in [2.05, 4.69) is 217 Å². The molecule has 0 radical (unpaired) electrons. The van der Waals surface area contributed by atoms with Crippen molar-refractivity contribution >= 4 is 50.4 Å². The van der Waals surface area contributed by atoms with E-state index in [4.69, 9.17) is 0 Å². The molecule has 2 nitrogen and oxygen atoms in total. The average Bonchev–Trinajstić information content (AvgIpc) is 3.85. The van der Waals surface area contributed by atoms with Gasteiger partial charge in [-0.2, -0.15) is 0 Å². The summed E-state index contributed by atoms with van der Waals surface area (Å²) in [5.74, 6) is 0. The van der Waals surface area contributed by atoms with Gasteiger partial charge in [-0.05, 0) is 113 Å². The highest BCUT2D eigenvalue weighted by molar-refractivity contribution is 6.11. The van der Waals surface area contributed by atoms with Crippen LogP contribution in [-0.2, 0) is 0 Å². The summed E-state index contributed by atoms with van der Waals surface area (Å²) in [6.45, 7) is 14.4. The van der Waals surface area contributed by atoms with E-state index in [1.54, 1.807) is 0 Å². The molecular formula is C59H54N2. The van der Waals surface area contributed by atoms with Crippen LogP contribution in [0.25, 0.3) is 95.2 Å². The van der Waals surface area contributed by atoms with Gasteiger partial charge in [0.15, 0.2) is 0 Å². The van der Waals surface area contributed by atoms with Gasteiger partial charge in [0.2, 0.25) is 0 Å². The Balaban J connectivity index is 0.00000125. The zero-order chi connectivity index (χ0) is 42.3. The second kappa shape index (κ2) is 18.4. The van der Waals surface area contributed by atoms with Gasteiger partial charge in [-0.25, -0.2) is 0 Å². The zero-order valence-corrected chi connectivity index (χ0v) is 36.1. The van der Waals surface area contributed by atoms with E-state index in [0.29, 0.717) is 0 Å². The van der Waals surface area contributed by atoms with Crippen molar-refractivity contribution in [2.24, 2.45) is 0 Å². The smallest absolute Gasteiger partial charge is 0.0541 e. The molecular weight excluding hydrogens is 737 g/mol. The zero-order valence-electron chi connectivity index (χ0n) is 36.1. The maximum Gasteiger partial charge on any atom is 0.0541 e. The molecule has 0 aliphatic heterocycles. The lowest BCUT2D eigenvalue weighted by Crippen LogP contribution is -1.98. The van der Waals surface area contributed by atoms with Gasteiger partial charge < -0.3 is 9.13 Å². The first-order valence-corrected chi connectivity index (χ1v) is 21.9. The van der Waals surface area contributed by atoms with Crippen molar-refractivity contribution in [2.75, 3.05) is 0 Å². The lowest BCUT2D eigenvalue weighted by molar-refractivity contribution is 1.04. The largest absolute Gasteiger partial charge is 0.309 e. The van der Waals surface area contributed by atoms with Gasteiger partial charge in [-0.15, -0.1) is 0 Å². The molecule has 1 aliphatic rings. The number of fused-ring (bicyclic) bond motifs is 4. The summed E-state index contributed by atoms with van der Waals surface area (Å²) in [4.78, 5) is 0. The first kappa shape index (κ1) is 40.6. The lowest BCUT2D eigenvalue weighted by Gasteiger charge is -2.15. The molecule has 2 aromatic heterocycles. The number of hydrogen-bond donors (Lipinski definition) is 0. The summed E-state index contributed by atoms with van der Waals surface area (Å²) in [5.41, 5.74) is 17.9. The molecule has 0 bridgehead atoms. The summed E-state index contributed by atoms with van der Waals surface area (Å²) >= 11 is 0. The van der Waals surface area contributed by atoms with E-state index in [1.165, 1.54) is 83.0 Å². The summed E-state index contributed by atoms with van der Waals surface area (Å²) in [6, 6.07) is 59.9. The van der Waals surface area contributed by atoms with Crippen LogP contribution in [0.1, 0.15) is 64.3 Å². The highest BCUT2D eigenvalue weighted by Gasteiger charge is 2.19. The third kappa shape index (κ3) is 7.62. The van der Waals surface area contributed by atoms with Crippen LogP contribution < -0.4 is 0 Å². The number of nitrogens with zero attached hydrogens (tertiary/aromatic N) is 2. The van der Waals surface area contributed by atoms with Crippen molar-refractivity contribution in [2.45, 2.75) is 47.5 Å². The van der Waals surface area contributed by atoms with E-state index in [0.717, 1.165) is 29.7 Å². The number of aromatic nitrogens is 2. The first-order valence-electron chi connectivity index (χ1n) is 21.9. The van der Waals surface area contributed by atoms with Gasteiger partial charge in [0.25, 0.3) is 0 Å². The Labute approximate surface area is 361 Å². The molecule has 1 aliphatic carbocycles. The van der Waals surface area contributed by atoms with Crippen LogP contribution in [0.5, 0.6) is 0 Å². The molecule has 0 fully saturated rings. The first-order chi connectivity index (χ1) is 30.2. The van der Waals surface area contributed by atoms with Crippen molar-refractivity contribution in [3.05, 3.63) is 211 Å². The molecule has 7 aromatic carbocycles. The van der Waals surface area contributed by atoms with Crippen molar-refractivity contribution in [1.29, 1.82) is 0 Å². The Morgan fingerprint density at radius 3 is 1.82 bits per heavy atom. The van der Waals surface area contributed by atoms with E-state index in [-0.39, 0.29) is 0 Å². The Hall–Kier alpha value is -7.16. The normalized spacial score (nSPS) is 12.2. The van der Waals surface area contributed by atoms with Crippen molar-refractivity contribution in [3.8, 4) is 44.8 Å². The van der Waals surface area contributed by atoms with Crippen molar-refractivity contribution < 1.29 is 0 Å². The molecule has 0 N–H and O–H groups in total. The molecule has 9 aromatic rings. The number of benzene rings is 7. The highest BCUT2D eigenvalue weighted by Crippen LogP contribution is 2.40. The minimum absolute atomic E-state index is 1.08. The molecule has 0 saturated heterocycles. The SMILES string of the molecule is C=Cc1c(/C=C\C)c2cc(-c3ccc4c(c3)c3ccccc3n4-c3ccccc3-c3ccc(-c4ccccc4)cc3)ccc2n1-c1cccc(C2=CCCC=C2)c1.CC.CC. The predicted molar refractivity (Wildman–Crippen MR) is 268 cm³/mol. The summed E-state index contributed by atoms with van der Waals surface area (Å²) in [6.07, 6.45) is 15.4. The molecule has 10 rings (SSSR count). The molecule has 0 amide bonds. The maximum atomic E-state index is 4.30. The Morgan fingerprint density at radius 2 is 1.10 bits per heavy atom. The van der Waals surface area contributed by atoms with Crippen LogP contribution in [-0.4, -0.2) is 9.13 Å². The van der Waals surface area contributed by atoms with Crippen LogP contribution in [0.2, 0.25) is 0 Å². The van der Waals surface area contributed by atoms with Crippen molar-refractivity contribution in [1.82, 2.24) is 9.13 Å². The number of hydrogen-bond acceptors (Lipinski definition) is 0. The quantitative estimate of drug-likeness (QED) is 0.145. The second-order valence-electron chi connectivity index (χ2n) is 14.8. The minimum Gasteiger partial charge on any atom is -0.309 e. The van der Waals surface area contributed by atoms with Gasteiger partial charge in [-0.1, -0.05) is 180 Å². The van der Waals surface area contributed by atoms with Gasteiger partial charge in [-0.3, -0.25) is 0 Å². The van der Waals surface area contributed by atoms with Crippen LogP contribution in [0, 0.1) is 0 Å². The highest BCUT2D eigenvalue weighted by atomic mass is 15.0. The van der Waals surface area contributed by atoms with Crippen molar-refractivity contribution in [3.63, 3.8) is 0 Å². The third-order valence-corrected chi connectivity index (χ3v) is 11.5. The Bertz CT molecular complexity index is 3070. The van der Waals surface area contributed by atoms with Crippen LogP contribution in [0.3, 0.4) is 0 Å². The Kier molecular flexibility index (Phi) is 12.3. The van der Waals surface area contributed by atoms with E-state index in [9.17, 15) is 0 Å². The van der Waals surface area contributed by atoms with Gasteiger partial charge in [0, 0.05) is 33.0 Å². The second-order valence-corrected chi connectivity index (χ2v) is 14.8.